The van der Waals surface area contributed by atoms with E-state index in [9.17, 15) is 0 Å². The summed E-state index contributed by atoms with van der Waals surface area (Å²) in [6.45, 7) is 8.87. The van der Waals surface area contributed by atoms with Gasteiger partial charge in [0, 0.05) is 19.8 Å². The van der Waals surface area contributed by atoms with Crippen LogP contribution >= 0.6 is 0 Å². The van der Waals surface area contributed by atoms with Crippen molar-refractivity contribution in [3.63, 3.8) is 0 Å². The molecule has 6 nitrogen and oxygen atoms in total. The number of aryl methyl sites for hydroxylation is 3. The van der Waals surface area contributed by atoms with E-state index in [0.29, 0.717) is 19.7 Å². The predicted octanol–water partition coefficient (Wildman–Crippen LogP) is 2.17. The molecule has 0 fully saturated rings. The Morgan fingerprint density at radius 1 is 1.21 bits per heavy atom. The van der Waals surface area contributed by atoms with Gasteiger partial charge in [0.25, 0.3) is 0 Å². The first-order chi connectivity index (χ1) is 11.6. The number of benzene rings is 1. The maximum atomic E-state index is 5.81. The molecule has 1 aromatic heterocycles. The maximum Gasteiger partial charge on any atom is 0.191 e. The Morgan fingerprint density at radius 3 is 2.58 bits per heavy atom. The van der Waals surface area contributed by atoms with Crippen LogP contribution in [0.1, 0.15) is 23.7 Å². The third-order valence-corrected chi connectivity index (χ3v) is 3.52. The molecule has 0 spiro atoms. The standard InChI is InChI=1S/C18H27N5O/c1-5-19-18(21-13-16-6-7-22-23(16)4)20-8-9-24-17-11-14(2)10-15(3)12-17/h6-7,10-12H,5,8-9,13H2,1-4H3,(H2,19,20,21). The summed E-state index contributed by atoms with van der Waals surface area (Å²) in [7, 11) is 1.92. The molecule has 0 atom stereocenters. The van der Waals surface area contributed by atoms with Crippen LogP contribution in [0.4, 0.5) is 0 Å². The topological polar surface area (TPSA) is 63.5 Å². The molecule has 1 aromatic carbocycles. The molecule has 1 heterocycles. The lowest BCUT2D eigenvalue weighted by atomic mass is 10.1. The second-order valence-corrected chi connectivity index (χ2v) is 5.74. The molecule has 6 heteroatoms. The Labute approximate surface area is 143 Å². The molecule has 0 amide bonds. The molecule has 2 aromatic rings. The fourth-order valence-electron chi connectivity index (χ4n) is 2.41. The second kappa shape index (κ2) is 8.96. The van der Waals surface area contributed by atoms with E-state index >= 15 is 0 Å². The second-order valence-electron chi connectivity index (χ2n) is 5.74. The molecule has 0 unspecified atom stereocenters. The van der Waals surface area contributed by atoms with Crippen molar-refractivity contribution in [1.29, 1.82) is 0 Å². The molecule has 0 aliphatic carbocycles. The highest BCUT2D eigenvalue weighted by molar-refractivity contribution is 5.79. The van der Waals surface area contributed by atoms with Crippen molar-refractivity contribution in [3.8, 4) is 5.75 Å². The summed E-state index contributed by atoms with van der Waals surface area (Å²) in [6, 6.07) is 8.21. The molecule has 0 aliphatic rings. The zero-order chi connectivity index (χ0) is 17.4. The molecular weight excluding hydrogens is 302 g/mol. The first-order valence-corrected chi connectivity index (χ1v) is 8.28. The number of hydrogen-bond acceptors (Lipinski definition) is 3. The van der Waals surface area contributed by atoms with E-state index in [1.165, 1.54) is 11.1 Å². The fourth-order valence-corrected chi connectivity index (χ4v) is 2.41. The van der Waals surface area contributed by atoms with Crippen molar-refractivity contribution in [3.05, 3.63) is 47.3 Å². The van der Waals surface area contributed by atoms with Gasteiger partial charge in [0.15, 0.2) is 5.96 Å². The van der Waals surface area contributed by atoms with Crippen molar-refractivity contribution in [2.45, 2.75) is 27.3 Å². The summed E-state index contributed by atoms with van der Waals surface area (Å²) in [4.78, 5) is 4.57. The molecule has 0 saturated carbocycles. The Hall–Kier alpha value is -2.50. The van der Waals surface area contributed by atoms with Crippen LogP contribution in [-0.4, -0.2) is 35.4 Å². The van der Waals surface area contributed by atoms with E-state index in [0.717, 1.165) is 23.9 Å². The van der Waals surface area contributed by atoms with Gasteiger partial charge < -0.3 is 15.4 Å². The Balaban J connectivity index is 1.81. The number of hydrogen-bond donors (Lipinski definition) is 2. The molecule has 0 bridgehead atoms. The number of ether oxygens (including phenoxy) is 1. The van der Waals surface area contributed by atoms with Gasteiger partial charge in [-0.15, -0.1) is 0 Å². The molecule has 0 radical (unpaired) electrons. The highest BCUT2D eigenvalue weighted by atomic mass is 16.5. The summed E-state index contributed by atoms with van der Waals surface area (Å²) in [6.07, 6.45) is 1.78. The van der Waals surface area contributed by atoms with Crippen molar-refractivity contribution in [1.82, 2.24) is 20.4 Å². The van der Waals surface area contributed by atoms with Crippen LogP contribution in [0.5, 0.6) is 5.75 Å². The summed E-state index contributed by atoms with van der Waals surface area (Å²) in [5, 5.41) is 10.7. The largest absolute Gasteiger partial charge is 0.492 e. The normalized spacial score (nSPS) is 11.4. The van der Waals surface area contributed by atoms with Gasteiger partial charge in [0.2, 0.25) is 0 Å². The zero-order valence-electron chi connectivity index (χ0n) is 15.0. The average molecular weight is 329 g/mol. The van der Waals surface area contributed by atoms with Crippen LogP contribution in [0.3, 0.4) is 0 Å². The van der Waals surface area contributed by atoms with Gasteiger partial charge in [0.1, 0.15) is 12.4 Å². The van der Waals surface area contributed by atoms with Crippen LogP contribution < -0.4 is 15.4 Å². The van der Waals surface area contributed by atoms with Gasteiger partial charge in [-0.1, -0.05) is 6.07 Å². The van der Waals surface area contributed by atoms with E-state index in [1.54, 1.807) is 6.20 Å². The Morgan fingerprint density at radius 2 is 1.96 bits per heavy atom. The average Bonchev–Trinajstić information content (AvgIpc) is 2.93. The molecule has 0 aliphatic heterocycles. The highest BCUT2D eigenvalue weighted by Gasteiger charge is 2.01. The summed E-state index contributed by atoms with van der Waals surface area (Å²) in [5.74, 6) is 1.69. The molecule has 2 rings (SSSR count). The molecular formula is C18H27N5O. The summed E-state index contributed by atoms with van der Waals surface area (Å²) >= 11 is 0. The third kappa shape index (κ3) is 5.61. The minimum Gasteiger partial charge on any atom is -0.492 e. The lowest BCUT2D eigenvalue weighted by Gasteiger charge is -2.12. The van der Waals surface area contributed by atoms with Gasteiger partial charge in [-0.25, -0.2) is 4.99 Å². The minimum absolute atomic E-state index is 0.582. The SMILES string of the molecule is CCNC(=NCc1ccnn1C)NCCOc1cc(C)cc(C)c1. The van der Waals surface area contributed by atoms with Crippen molar-refractivity contribution < 1.29 is 4.74 Å². The lowest BCUT2D eigenvalue weighted by molar-refractivity contribution is 0.321. The van der Waals surface area contributed by atoms with Gasteiger partial charge in [-0.3, -0.25) is 4.68 Å². The van der Waals surface area contributed by atoms with Crippen LogP contribution in [0.2, 0.25) is 0 Å². The third-order valence-electron chi connectivity index (χ3n) is 3.52. The van der Waals surface area contributed by atoms with E-state index in [4.69, 9.17) is 4.74 Å². The number of aliphatic imine (C=N–C) groups is 1. The zero-order valence-corrected chi connectivity index (χ0v) is 15.0. The van der Waals surface area contributed by atoms with E-state index in [1.807, 2.05) is 24.7 Å². The first-order valence-electron chi connectivity index (χ1n) is 8.28. The van der Waals surface area contributed by atoms with Crippen LogP contribution in [-0.2, 0) is 13.6 Å². The highest BCUT2D eigenvalue weighted by Crippen LogP contribution is 2.15. The van der Waals surface area contributed by atoms with Gasteiger partial charge in [-0.05, 0) is 50.1 Å². The fraction of sp³-hybridized carbons (Fsp3) is 0.444. The first kappa shape index (κ1) is 17.8. The van der Waals surface area contributed by atoms with Gasteiger partial charge in [0.05, 0.1) is 18.8 Å². The number of aromatic nitrogens is 2. The van der Waals surface area contributed by atoms with Crippen LogP contribution in [0.15, 0.2) is 35.5 Å². The smallest absolute Gasteiger partial charge is 0.191 e. The predicted molar refractivity (Wildman–Crippen MR) is 97.4 cm³/mol. The van der Waals surface area contributed by atoms with Gasteiger partial charge in [-0.2, -0.15) is 5.10 Å². The van der Waals surface area contributed by atoms with Crippen molar-refractivity contribution in [2.75, 3.05) is 19.7 Å². The quantitative estimate of drug-likeness (QED) is 0.464. The maximum absolute atomic E-state index is 5.81. The number of nitrogens with zero attached hydrogens (tertiary/aromatic N) is 3. The van der Waals surface area contributed by atoms with Crippen LogP contribution in [0.25, 0.3) is 0 Å². The molecule has 24 heavy (non-hydrogen) atoms. The lowest BCUT2D eigenvalue weighted by Crippen LogP contribution is -2.39. The summed E-state index contributed by atoms with van der Waals surface area (Å²) < 4.78 is 7.64. The monoisotopic (exact) mass is 329 g/mol. The van der Waals surface area contributed by atoms with E-state index in [2.05, 4.69) is 52.8 Å². The minimum atomic E-state index is 0.582. The number of nitrogens with one attached hydrogen (secondary N) is 2. The van der Waals surface area contributed by atoms with Crippen molar-refractivity contribution in [2.24, 2.45) is 12.0 Å². The van der Waals surface area contributed by atoms with E-state index < -0.39 is 0 Å². The Kier molecular flexibility index (Phi) is 6.66. The molecule has 130 valence electrons. The van der Waals surface area contributed by atoms with E-state index in [-0.39, 0.29) is 0 Å². The molecule has 2 N–H and O–H groups in total. The number of guanidine groups is 1. The van der Waals surface area contributed by atoms with Crippen molar-refractivity contribution >= 4 is 5.96 Å². The molecule has 0 saturated heterocycles. The number of rotatable bonds is 7. The summed E-state index contributed by atoms with van der Waals surface area (Å²) in [5.41, 5.74) is 3.49. The van der Waals surface area contributed by atoms with Crippen LogP contribution in [0, 0.1) is 13.8 Å². The van der Waals surface area contributed by atoms with Gasteiger partial charge >= 0.3 is 0 Å². The Bertz CT molecular complexity index is 658.